The lowest BCUT2D eigenvalue weighted by Crippen LogP contribution is -1.96. The molecule has 82 valence electrons. The summed E-state index contributed by atoms with van der Waals surface area (Å²) in [7, 11) is 0. The number of benzene rings is 1. The molecule has 1 aromatic carbocycles. The average Bonchev–Trinajstić information content (AvgIpc) is 2.15. The zero-order valence-electron chi connectivity index (χ0n) is 7.59. The van der Waals surface area contributed by atoms with Crippen LogP contribution in [0.15, 0.2) is 18.2 Å². The number of aromatic nitrogens is 3. The van der Waals surface area contributed by atoms with Crippen molar-refractivity contribution < 1.29 is 8.78 Å². The van der Waals surface area contributed by atoms with E-state index < -0.39 is 11.6 Å². The van der Waals surface area contributed by atoms with Crippen molar-refractivity contribution in [2.75, 3.05) is 0 Å². The Morgan fingerprint density at radius 1 is 0.938 bits per heavy atom. The lowest BCUT2D eigenvalue weighted by molar-refractivity contribution is 0.585. The van der Waals surface area contributed by atoms with Gasteiger partial charge in [-0.15, -0.1) is 0 Å². The van der Waals surface area contributed by atoms with Crippen LogP contribution >= 0.6 is 23.2 Å². The van der Waals surface area contributed by atoms with E-state index in [1.54, 1.807) is 0 Å². The van der Waals surface area contributed by atoms with Gasteiger partial charge in [0.2, 0.25) is 10.6 Å². The van der Waals surface area contributed by atoms with Crippen molar-refractivity contribution in [1.82, 2.24) is 15.0 Å². The van der Waals surface area contributed by atoms with Crippen LogP contribution in [0.4, 0.5) is 8.78 Å². The highest BCUT2D eigenvalue weighted by molar-refractivity contribution is 6.31. The number of rotatable bonds is 1. The Kier molecular flexibility index (Phi) is 2.98. The van der Waals surface area contributed by atoms with Gasteiger partial charge < -0.3 is 0 Å². The van der Waals surface area contributed by atoms with Gasteiger partial charge in [-0.1, -0.05) is 0 Å². The summed E-state index contributed by atoms with van der Waals surface area (Å²) in [4.78, 5) is 10.9. The van der Waals surface area contributed by atoms with E-state index in [1.807, 2.05) is 0 Å². The van der Waals surface area contributed by atoms with Crippen molar-refractivity contribution in [3.05, 3.63) is 40.4 Å². The van der Waals surface area contributed by atoms with Crippen LogP contribution in [0, 0.1) is 11.6 Å². The normalized spacial score (nSPS) is 10.5. The lowest BCUT2D eigenvalue weighted by atomic mass is 10.2. The molecule has 0 atom stereocenters. The fourth-order valence-electron chi connectivity index (χ4n) is 1.12. The Morgan fingerprint density at radius 2 is 1.56 bits per heavy atom. The third kappa shape index (κ3) is 2.25. The Balaban J connectivity index is 2.58. The highest BCUT2D eigenvalue weighted by Crippen LogP contribution is 2.21. The first-order chi connectivity index (χ1) is 7.56. The molecule has 0 bridgehead atoms. The van der Waals surface area contributed by atoms with E-state index in [0.29, 0.717) is 0 Å². The number of halogens is 4. The van der Waals surface area contributed by atoms with Gasteiger partial charge in [-0.25, -0.2) is 8.78 Å². The van der Waals surface area contributed by atoms with Gasteiger partial charge in [0.25, 0.3) is 0 Å². The number of hydrogen-bond acceptors (Lipinski definition) is 3. The molecule has 3 nitrogen and oxygen atoms in total. The maximum absolute atomic E-state index is 13.4. The smallest absolute Gasteiger partial charge is 0.207 e. The summed E-state index contributed by atoms with van der Waals surface area (Å²) in [6, 6.07) is 3.01. The van der Waals surface area contributed by atoms with Crippen LogP contribution in [0.1, 0.15) is 0 Å². The number of nitrogens with zero attached hydrogens (tertiary/aromatic N) is 3. The van der Waals surface area contributed by atoms with Crippen LogP contribution in [0.2, 0.25) is 10.6 Å². The molecule has 7 heteroatoms. The molecule has 2 aromatic rings. The fourth-order valence-corrected chi connectivity index (χ4v) is 1.48. The highest BCUT2D eigenvalue weighted by Gasteiger charge is 2.11. The maximum Gasteiger partial charge on any atom is 0.227 e. The van der Waals surface area contributed by atoms with E-state index in [0.717, 1.165) is 12.1 Å². The standard InChI is InChI=1S/C9H3Cl2F2N3/c10-8-14-7(15-9(11)16-8)5-2-1-4(12)3-6(5)13/h1-3H. The molecular formula is C9H3Cl2F2N3. The molecule has 0 aliphatic carbocycles. The van der Waals surface area contributed by atoms with Crippen molar-refractivity contribution in [1.29, 1.82) is 0 Å². The van der Waals surface area contributed by atoms with Gasteiger partial charge in [0, 0.05) is 6.07 Å². The van der Waals surface area contributed by atoms with E-state index in [4.69, 9.17) is 23.2 Å². The second kappa shape index (κ2) is 4.27. The van der Waals surface area contributed by atoms with Crippen molar-refractivity contribution in [3.63, 3.8) is 0 Å². The van der Waals surface area contributed by atoms with Crippen LogP contribution in [-0.4, -0.2) is 15.0 Å². The Bertz CT molecular complexity index is 528. The van der Waals surface area contributed by atoms with Gasteiger partial charge in [0.05, 0.1) is 5.56 Å². The third-order valence-corrected chi connectivity index (χ3v) is 2.09. The first-order valence-corrected chi connectivity index (χ1v) is 4.84. The van der Waals surface area contributed by atoms with E-state index in [-0.39, 0.29) is 22.0 Å². The van der Waals surface area contributed by atoms with Gasteiger partial charge in [-0.2, -0.15) is 15.0 Å². The van der Waals surface area contributed by atoms with E-state index >= 15 is 0 Å². The summed E-state index contributed by atoms with van der Waals surface area (Å²) in [6.07, 6.45) is 0. The molecule has 0 unspecified atom stereocenters. The van der Waals surface area contributed by atoms with Crippen LogP contribution < -0.4 is 0 Å². The largest absolute Gasteiger partial charge is 0.227 e. The lowest BCUT2D eigenvalue weighted by Gasteiger charge is -2.02. The molecule has 0 spiro atoms. The number of hydrogen-bond donors (Lipinski definition) is 0. The molecule has 0 N–H and O–H groups in total. The van der Waals surface area contributed by atoms with Crippen molar-refractivity contribution >= 4 is 23.2 Å². The van der Waals surface area contributed by atoms with Crippen molar-refractivity contribution in [3.8, 4) is 11.4 Å². The monoisotopic (exact) mass is 261 g/mol. The fraction of sp³-hybridized carbons (Fsp3) is 0. The Hall–Kier alpha value is -1.33. The molecule has 0 aliphatic rings. The minimum Gasteiger partial charge on any atom is -0.207 e. The topological polar surface area (TPSA) is 38.7 Å². The zero-order valence-corrected chi connectivity index (χ0v) is 9.10. The predicted octanol–water partition coefficient (Wildman–Crippen LogP) is 3.12. The van der Waals surface area contributed by atoms with Gasteiger partial charge in [0.1, 0.15) is 11.6 Å². The van der Waals surface area contributed by atoms with Crippen LogP contribution in [0.3, 0.4) is 0 Å². The van der Waals surface area contributed by atoms with E-state index in [1.165, 1.54) is 6.07 Å². The van der Waals surface area contributed by atoms with Gasteiger partial charge in [-0.3, -0.25) is 0 Å². The van der Waals surface area contributed by atoms with Gasteiger partial charge in [0.15, 0.2) is 5.82 Å². The van der Waals surface area contributed by atoms with E-state index in [9.17, 15) is 8.78 Å². The molecule has 0 fully saturated rings. The quantitative estimate of drug-likeness (QED) is 0.792. The molecule has 0 saturated carbocycles. The SMILES string of the molecule is Fc1ccc(-c2nc(Cl)nc(Cl)n2)c(F)c1. The summed E-state index contributed by atoms with van der Waals surface area (Å²) in [6.45, 7) is 0. The van der Waals surface area contributed by atoms with E-state index in [2.05, 4.69) is 15.0 Å². The van der Waals surface area contributed by atoms with Crippen LogP contribution in [-0.2, 0) is 0 Å². The molecular weight excluding hydrogens is 259 g/mol. The third-order valence-electron chi connectivity index (χ3n) is 1.75. The van der Waals surface area contributed by atoms with Gasteiger partial charge >= 0.3 is 0 Å². The summed E-state index contributed by atoms with van der Waals surface area (Å²) in [5.41, 5.74) is 0.00704. The first-order valence-electron chi connectivity index (χ1n) is 4.09. The minimum atomic E-state index is -0.793. The molecule has 0 amide bonds. The summed E-state index contributed by atoms with van der Waals surface area (Å²) < 4.78 is 26.0. The summed E-state index contributed by atoms with van der Waals surface area (Å²) >= 11 is 11.1. The maximum atomic E-state index is 13.4. The van der Waals surface area contributed by atoms with Crippen LogP contribution in [0.25, 0.3) is 11.4 Å². The second-order valence-corrected chi connectivity index (χ2v) is 3.50. The molecule has 2 rings (SSSR count). The minimum absolute atomic E-state index is 0.00704. The zero-order chi connectivity index (χ0) is 11.7. The predicted molar refractivity (Wildman–Crippen MR) is 55.2 cm³/mol. The highest BCUT2D eigenvalue weighted by atomic mass is 35.5. The molecule has 0 radical (unpaired) electrons. The molecule has 16 heavy (non-hydrogen) atoms. The Labute approximate surface area is 99.1 Å². The van der Waals surface area contributed by atoms with Crippen molar-refractivity contribution in [2.24, 2.45) is 0 Å². The first kappa shape index (κ1) is 11.2. The molecule has 0 saturated heterocycles. The second-order valence-electron chi connectivity index (χ2n) is 2.82. The summed E-state index contributed by atoms with van der Waals surface area (Å²) in [5.74, 6) is -1.52. The average molecular weight is 262 g/mol. The molecule has 0 aliphatic heterocycles. The van der Waals surface area contributed by atoms with Crippen LogP contribution in [0.5, 0.6) is 0 Å². The molecule has 1 aromatic heterocycles. The van der Waals surface area contributed by atoms with Crippen molar-refractivity contribution in [2.45, 2.75) is 0 Å². The summed E-state index contributed by atoms with van der Waals surface area (Å²) in [5, 5.41) is -0.308. The molecule has 1 heterocycles. The Morgan fingerprint density at radius 3 is 2.12 bits per heavy atom. The van der Waals surface area contributed by atoms with Gasteiger partial charge in [-0.05, 0) is 35.3 Å².